The highest BCUT2D eigenvalue weighted by molar-refractivity contribution is 6.28. The SMILES string of the molecule is Cn1c(=O)n(C2CCC(=O)NC2=O)c2ccc(C#Cc3cnc(Cl)nc3)cc21. The van der Waals surface area contributed by atoms with Gasteiger partial charge in [-0.1, -0.05) is 11.8 Å². The van der Waals surface area contributed by atoms with Crippen molar-refractivity contribution < 1.29 is 9.59 Å². The van der Waals surface area contributed by atoms with Gasteiger partial charge in [0.25, 0.3) is 0 Å². The largest absolute Gasteiger partial charge is 0.329 e. The van der Waals surface area contributed by atoms with Gasteiger partial charge < -0.3 is 0 Å². The molecule has 0 spiro atoms. The number of piperidine rings is 1. The highest BCUT2D eigenvalue weighted by atomic mass is 35.5. The van der Waals surface area contributed by atoms with Crippen LogP contribution >= 0.6 is 11.6 Å². The number of rotatable bonds is 1. The summed E-state index contributed by atoms with van der Waals surface area (Å²) in [6.45, 7) is 0. The average molecular weight is 396 g/mol. The van der Waals surface area contributed by atoms with E-state index in [1.54, 1.807) is 25.2 Å². The van der Waals surface area contributed by atoms with E-state index in [9.17, 15) is 14.4 Å². The van der Waals surface area contributed by atoms with E-state index in [1.807, 2.05) is 0 Å². The minimum absolute atomic E-state index is 0.150. The Morgan fingerprint density at radius 3 is 2.54 bits per heavy atom. The summed E-state index contributed by atoms with van der Waals surface area (Å²) in [6, 6.07) is 4.59. The lowest BCUT2D eigenvalue weighted by molar-refractivity contribution is -0.135. The number of benzene rings is 1. The van der Waals surface area contributed by atoms with Crippen LogP contribution in [0.5, 0.6) is 0 Å². The number of hydrogen-bond acceptors (Lipinski definition) is 5. The zero-order chi connectivity index (χ0) is 19.8. The summed E-state index contributed by atoms with van der Waals surface area (Å²) >= 11 is 5.66. The van der Waals surface area contributed by atoms with Gasteiger partial charge in [0.1, 0.15) is 6.04 Å². The third-order valence-corrected chi connectivity index (χ3v) is 4.78. The number of amides is 2. The quantitative estimate of drug-likeness (QED) is 0.379. The molecular weight excluding hydrogens is 382 g/mol. The maximum absolute atomic E-state index is 12.7. The Kier molecular flexibility index (Phi) is 4.45. The number of carbonyl (C=O) groups excluding carboxylic acids is 2. The molecule has 0 saturated carbocycles. The van der Waals surface area contributed by atoms with E-state index in [0.717, 1.165) is 0 Å². The van der Waals surface area contributed by atoms with E-state index in [1.165, 1.54) is 21.5 Å². The molecule has 0 radical (unpaired) electrons. The van der Waals surface area contributed by atoms with Crippen LogP contribution in [0.3, 0.4) is 0 Å². The predicted molar refractivity (Wildman–Crippen MR) is 102 cm³/mol. The molecule has 1 aliphatic rings. The summed E-state index contributed by atoms with van der Waals surface area (Å²) in [7, 11) is 1.64. The lowest BCUT2D eigenvalue weighted by atomic mass is 10.1. The van der Waals surface area contributed by atoms with Crippen molar-refractivity contribution >= 4 is 34.4 Å². The van der Waals surface area contributed by atoms with E-state index in [-0.39, 0.29) is 23.3 Å². The number of halogens is 1. The number of imidazole rings is 1. The van der Waals surface area contributed by atoms with Gasteiger partial charge in [-0.2, -0.15) is 0 Å². The summed E-state index contributed by atoms with van der Waals surface area (Å²) in [5, 5.41) is 2.44. The van der Waals surface area contributed by atoms with Gasteiger partial charge >= 0.3 is 5.69 Å². The summed E-state index contributed by atoms with van der Waals surface area (Å²) < 4.78 is 2.90. The molecule has 1 unspecified atom stereocenters. The highest BCUT2D eigenvalue weighted by Gasteiger charge is 2.31. The first-order valence-electron chi connectivity index (χ1n) is 8.48. The van der Waals surface area contributed by atoms with E-state index in [0.29, 0.717) is 28.6 Å². The van der Waals surface area contributed by atoms with Crippen molar-refractivity contribution in [1.82, 2.24) is 24.4 Å². The third kappa shape index (κ3) is 3.17. The molecule has 140 valence electrons. The van der Waals surface area contributed by atoms with Gasteiger partial charge in [0.05, 0.1) is 16.6 Å². The van der Waals surface area contributed by atoms with Crippen molar-refractivity contribution in [3.63, 3.8) is 0 Å². The van der Waals surface area contributed by atoms with Crippen LogP contribution in [0.25, 0.3) is 11.0 Å². The fourth-order valence-electron chi connectivity index (χ4n) is 3.19. The van der Waals surface area contributed by atoms with Crippen LogP contribution in [0.15, 0.2) is 35.4 Å². The number of carbonyl (C=O) groups is 2. The van der Waals surface area contributed by atoms with Gasteiger partial charge in [0.2, 0.25) is 17.1 Å². The molecule has 0 bridgehead atoms. The van der Waals surface area contributed by atoms with Crippen LogP contribution in [0.2, 0.25) is 5.28 Å². The van der Waals surface area contributed by atoms with Crippen LogP contribution in [-0.2, 0) is 16.6 Å². The van der Waals surface area contributed by atoms with Gasteiger partial charge in [-0.3, -0.25) is 24.0 Å². The van der Waals surface area contributed by atoms with E-state index >= 15 is 0 Å². The smallest absolute Gasteiger partial charge is 0.295 e. The monoisotopic (exact) mass is 395 g/mol. The zero-order valence-corrected chi connectivity index (χ0v) is 15.5. The molecule has 1 aromatic carbocycles. The van der Waals surface area contributed by atoms with Crippen molar-refractivity contribution in [1.29, 1.82) is 0 Å². The van der Waals surface area contributed by atoms with Crippen molar-refractivity contribution in [3.05, 3.63) is 57.5 Å². The number of hydrogen-bond donors (Lipinski definition) is 1. The molecule has 1 saturated heterocycles. The second-order valence-electron chi connectivity index (χ2n) is 6.37. The van der Waals surface area contributed by atoms with Crippen molar-refractivity contribution in [2.45, 2.75) is 18.9 Å². The normalized spacial score (nSPS) is 16.6. The molecular formula is C19H14ClN5O3. The van der Waals surface area contributed by atoms with Gasteiger partial charge in [0.15, 0.2) is 0 Å². The summed E-state index contributed by atoms with van der Waals surface area (Å²) in [5.41, 5.74) is 2.25. The molecule has 1 atom stereocenters. The lowest BCUT2D eigenvalue weighted by Crippen LogP contribution is -2.44. The number of nitrogens with one attached hydrogen (secondary N) is 1. The van der Waals surface area contributed by atoms with E-state index in [4.69, 9.17) is 11.6 Å². The number of imide groups is 1. The van der Waals surface area contributed by atoms with Crippen molar-refractivity contribution in [3.8, 4) is 11.8 Å². The van der Waals surface area contributed by atoms with Crippen LogP contribution in [-0.4, -0.2) is 30.9 Å². The van der Waals surface area contributed by atoms with Crippen LogP contribution < -0.4 is 11.0 Å². The Labute approximate surface area is 164 Å². The molecule has 4 rings (SSSR count). The number of aryl methyl sites for hydroxylation is 1. The minimum atomic E-state index is -0.711. The Morgan fingerprint density at radius 2 is 1.82 bits per heavy atom. The van der Waals surface area contributed by atoms with Gasteiger partial charge in [0, 0.05) is 31.4 Å². The fraction of sp³-hybridized carbons (Fsp3) is 0.211. The molecule has 8 nitrogen and oxygen atoms in total. The Morgan fingerprint density at radius 1 is 1.11 bits per heavy atom. The number of fused-ring (bicyclic) bond motifs is 1. The molecule has 28 heavy (non-hydrogen) atoms. The van der Waals surface area contributed by atoms with Gasteiger partial charge in [-0.15, -0.1) is 0 Å². The van der Waals surface area contributed by atoms with E-state index < -0.39 is 11.9 Å². The Hall–Kier alpha value is -3.44. The molecule has 3 aromatic rings. The molecule has 2 amide bonds. The molecule has 9 heteroatoms. The topological polar surface area (TPSA) is 98.9 Å². The molecule has 0 aliphatic carbocycles. The average Bonchev–Trinajstić information content (AvgIpc) is 2.92. The first-order valence-corrected chi connectivity index (χ1v) is 8.86. The standard InChI is InChI=1S/C19H14ClN5O3/c1-24-15-8-11(2-3-12-9-21-18(20)22-10-12)4-5-13(15)25(19(24)28)14-6-7-16(26)23-17(14)27/h4-5,8-10,14H,6-7H2,1H3,(H,23,26,27). The maximum Gasteiger partial charge on any atom is 0.329 e. The zero-order valence-electron chi connectivity index (χ0n) is 14.8. The maximum atomic E-state index is 12.7. The minimum Gasteiger partial charge on any atom is -0.295 e. The number of nitrogens with zero attached hydrogens (tertiary/aromatic N) is 4. The summed E-state index contributed by atoms with van der Waals surface area (Å²) in [5.74, 6) is 5.16. The first-order chi connectivity index (χ1) is 13.4. The van der Waals surface area contributed by atoms with Crippen LogP contribution in [0.4, 0.5) is 0 Å². The second-order valence-corrected chi connectivity index (χ2v) is 6.71. The van der Waals surface area contributed by atoms with Gasteiger partial charge in [-0.05, 0) is 36.2 Å². The third-order valence-electron chi connectivity index (χ3n) is 4.58. The fourth-order valence-corrected chi connectivity index (χ4v) is 3.29. The molecule has 1 N–H and O–H groups in total. The molecule has 3 heterocycles. The highest BCUT2D eigenvalue weighted by Crippen LogP contribution is 2.23. The first kappa shape index (κ1) is 17.9. The molecule has 2 aromatic heterocycles. The summed E-state index contributed by atoms with van der Waals surface area (Å²) in [4.78, 5) is 44.1. The van der Waals surface area contributed by atoms with E-state index in [2.05, 4.69) is 27.1 Å². The van der Waals surface area contributed by atoms with Crippen molar-refractivity contribution in [2.24, 2.45) is 7.05 Å². The Balaban J connectivity index is 1.75. The van der Waals surface area contributed by atoms with Crippen LogP contribution in [0, 0.1) is 11.8 Å². The molecule has 1 fully saturated rings. The molecule has 1 aliphatic heterocycles. The van der Waals surface area contributed by atoms with Crippen molar-refractivity contribution in [2.75, 3.05) is 0 Å². The second kappa shape index (κ2) is 6.94. The van der Waals surface area contributed by atoms with Gasteiger partial charge in [-0.25, -0.2) is 14.8 Å². The predicted octanol–water partition coefficient (Wildman–Crippen LogP) is 1.16. The van der Waals surface area contributed by atoms with Crippen LogP contribution in [0.1, 0.15) is 30.0 Å². The lowest BCUT2D eigenvalue weighted by Gasteiger charge is -2.21. The Bertz CT molecular complexity index is 1230. The number of aromatic nitrogens is 4. The summed E-state index contributed by atoms with van der Waals surface area (Å²) in [6.07, 6.45) is 3.54.